The second-order valence-corrected chi connectivity index (χ2v) is 6.32. The molecule has 0 N–H and O–H groups in total. The maximum absolute atomic E-state index is 12.2. The van der Waals surface area contributed by atoms with Crippen LogP contribution in [0.1, 0.15) is 72.1 Å². The van der Waals surface area contributed by atoms with E-state index in [1.54, 1.807) is 6.92 Å². The van der Waals surface area contributed by atoms with Gasteiger partial charge < -0.3 is 0 Å². The number of phosphoric acid groups is 1. The molecule has 0 fully saturated rings. The molecule has 0 aliphatic heterocycles. The molecular weight excluding hydrogens is 263 g/mol. The summed E-state index contributed by atoms with van der Waals surface area (Å²) in [5.41, 5.74) is 0. The fourth-order valence-electron chi connectivity index (χ4n) is 1.68. The second kappa shape index (κ2) is 13.1. The molecule has 1 atom stereocenters. The number of hydrogen-bond acceptors (Lipinski definition) is 4. The zero-order valence-corrected chi connectivity index (χ0v) is 13.8. The van der Waals surface area contributed by atoms with Gasteiger partial charge in [0.2, 0.25) is 0 Å². The van der Waals surface area contributed by atoms with Crippen molar-refractivity contribution in [1.82, 2.24) is 0 Å². The van der Waals surface area contributed by atoms with E-state index in [1.165, 1.54) is 19.3 Å². The van der Waals surface area contributed by atoms with E-state index in [0.29, 0.717) is 19.8 Å². The summed E-state index contributed by atoms with van der Waals surface area (Å²) < 4.78 is 28.0. The lowest BCUT2D eigenvalue weighted by Crippen LogP contribution is -2.03. The number of hydrogen-bond donors (Lipinski definition) is 0. The van der Waals surface area contributed by atoms with Crippen LogP contribution in [-0.2, 0) is 18.1 Å². The van der Waals surface area contributed by atoms with Gasteiger partial charge in [0.15, 0.2) is 0 Å². The van der Waals surface area contributed by atoms with Gasteiger partial charge in [-0.05, 0) is 19.8 Å². The Morgan fingerprint density at radius 2 is 1.16 bits per heavy atom. The Balaban J connectivity index is 3.78. The van der Waals surface area contributed by atoms with Gasteiger partial charge in [0.25, 0.3) is 0 Å². The highest BCUT2D eigenvalue weighted by atomic mass is 31.2. The molecule has 0 rings (SSSR count). The molecule has 0 aliphatic rings. The van der Waals surface area contributed by atoms with Gasteiger partial charge in [0.1, 0.15) is 0 Å². The van der Waals surface area contributed by atoms with Crippen LogP contribution in [0.5, 0.6) is 0 Å². The normalized spacial score (nSPS) is 14.5. The predicted octanol–water partition coefficient (Wildman–Crippen LogP) is 5.32. The zero-order chi connectivity index (χ0) is 14.4. The molecule has 116 valence electrons. The van der Waals surface area contributed by atoms with Gasteiger partial charge in [0, 0.05) is 0 Å². The fraction of sp³-hybridized carbons (Fsp3) is 1.00. The van der Waals surface area contributed by atoms with Crippen LogP contribution in [0.15, 0.2) is 0 Å². The van der Waals surface area contributed by atoms with Crippen molar-refractivity contribution in [2.75, 3.05) is 19.8 Å². The molecule has 0 aromatic carbocycles. The Morgan fingerprint density at radius 3 is 1.68 bits per heavy atom. The largest absolute Gasteiger partial charge is 0.474 e. The van der Waals surface area contributed by atoms with E-state index in [2.05, 4.69) is 13.8 Å². The third-order valence-corrected chi connectivity index (χ3v) is 4.35. The van der Waals surface area contributed by atoms with Gasteiger partial charge in [-0.2, -0.15) is 0 Å². The van der Waals surface area contributed by atoms with Gasteiger partial charge in [-0.25, -0.2) is 4.57 Å². The first-order chi connectivity index (χ1) is 9.18. The van der Waals surface area contributed by atoms with Crippen molar-refractivity contribution in [3.8, 4) is 0 Å². The standard InChI is InChI=1S/C14H31O4P/c1-4-7-9-10-12-14-18-19(15,16-6-3)17-13-11-8-5-2/h4-14H2,1-3H3. The second-order valence-electron chi connectivity index (χ2n) is 4.65. The van der Waals surface area contributed by atoms with E-state index in [4.69, 9.17) is 13.6 Å². The minimum atomic E-state index is -3.32. The number of phosphoric ester groups is 1. The highest BCUT2D eigenvalue weighted by Crippen LogP contribution is 2.49. The first-order valence-electron chi connectivity index (χ1n) is 7.72. The smallest absolute Gasteiger partial charge is 0.287 e. The molecule has 19 heavy (non-hydrogen) atoms. The molecule has 4 nitrogen and oxygen atoms in total. The number of unbranched alkanes of at least 4 members (excludes halogenated alkanes) is 6. The van der Waals surface area contributed by atoms with Crippen LogP contribution in [-0.4, -0.2) is 19.8 Å². The molecule has 0 aromatic heterocycles. The summed E-state index contributed by atoms with van der Waals surface area (Å²) in [6.07, 6.45) is 8.77. The molecule has 0 bridgehead atoms. The lowest BCUT2D eigenvalue weighted by Gasteiger charge is -2.17. The summed E-state index contributed by atoms with van der Waals surface area (Å²) in [5.74, 6) is 0. The lowest BCUT2D eigenvalue weighted by atomic mass is 10.2. The lowest BCUT2D eigenvalue weighted by molar-refractivity contribution is 0.114. The molecule has 0 aliphatic carbocycles. The van der Waals surface area contributed by atoms with E-state index < -0.39 is 7.82 Å². The molecule has 0 saturated heterocycles. The summed E-state index contributed by atoms with van der Waals surface area (Å²) in [7, 11) is -3.32. The summed E-state index contributed by atoms with van der Waals surface area (Å²) in [6.45, 7) is 7.35. The van der Waals surface area contributed by atoms with Crippen LogP contribution >= 0.6 is 7.82 Å². The Bertz CT molecular complexity index is 233. The summed E-state index contributed by atoms with van der Waals surface area (Å²) in [5, 5.41) is 0. The van der Waals surface area contributed by atoms with Crippen LogP contribution in [0.4, 0.5) is 0 Å². The van der Waals surface area contributed by atoms with Crippen LogP contribution in [0.25, 0.3) is 0 Å². The van der Waals surface area contributed by atoms with Crippen molar-refractivity contribution < 1.29 is 18.1 Å². The van der Waals surface area contributed by atoms with E-state index in [1.807, 2.05) is 0 Å². The van der Waals surface area contributed by atoms with Crippen molar-refractivity contribution in [1.29, 1.82) is 0 Å². The molecule has 0 heterocycles. The Labute approximate surface area is 118 Å². The quantitative estimate of drug-likeness (QED) is 0.321. The Kier molecular flexibility index (Phi) is 13.2. The molecular formula is C14H31O4P. The highest BCUT2D eigenvalue weighted by Gasteiger charge is 2.25. The third kappa shape index (κ3) is 11.6. The van der Waals surface area contributed by atoms with E-state index in [-0.39, 0.29) is 0 Å². The first kappa shape index (κ1) is 19.1. The maximum Gasteiger partial charge on any atom is 0.474 e. The molecule has 0 amide bonds. The van der Waals surface area contributed by atoms with Gasteiger partial charge in [-0.1, -0.05) is 52.4 Å². The SMILES string of the molecule is CCCCCCCOP(=O)(OCC)OCCCCC. The van der Waals surface area contributed by atoms with E-state index in [9.17, 15) is 4.57 Å². The van der Waals surface area contributed by atoms with Crippen LogP contribution in [0.2, 0.25) is 0 Å². The van der Waals surface area contributed by atoms with Crippen molar-refractivity contribution in [3.05, 3.63) is 0 Å². The van der Waals surface area contributed by atoms with Gasteiger partial charge >= 0.3 is 7.82 Å². The highest BCUT2D eigenvalue weighted by molar-refractivity contribution is 7.48. The van der Waals surface area contributed by atoms with Gasteiger partial charge in [0.05, 0.1) is 19.8 Å². The molecule has 0 saturated carbocycles. The minimum absolute atomic E-state index is 0.348. The molecule has 1 unspecified atom stereocenters. The Hall–Kier alpha value is 0.110. The first-order valence-corrected chi connectivity index (χ1v) is 9.18. The topological polar surface area (TPSA) is 44.8 Å². The van der Waals surface area contributed by atoms with Gasteiger partial charge in [-0.15, -0.1) is 0 Å². The zero-order valence-electron chi connectivity index (χ0n) is 12.9. The third-order valence-electron chi connectivity index (χ3n) is 2.78. The monoisotopic (exact) mass is 294 g/mol. The average Bonchev–Trinajstić information content (AvgIpc) is 2.39. The number of rotatable bonds is 14. The van der Waals surface area contributed by atoms with E-state index >= 15 is 0 Å². The van der Waals surface area contributed by atoms with Crippen molar-refractivity contribution in [3.63, 3.8) is 0 Å². The Morgan fingerprint density at radius 1 is 0.684 bits per heavy atom. The molecule has 0 spiro atoms. The molecule has 0 radical (unpaired) electrons. The van der Waals surface area contributed by atoms with Crippen molar-refractivity contribution in [2.24, 2.45) is 0 Å². The van der Waals surface area contributed by atoms with Crippen LogP contribution in [0, 0.1) is 0 Å². The van der Waals surface area contributed by atoms with Crippen molar-refractivity contribution >= 4 is 7.82 Å². The summed E-state index contributed by atoms with van der Waals surface area (Å²) in [4.78, 5) is 0. The predicted molar refractivity (Wildman–Crippen MR) is 79.4 cm³/mol. The van der Waals surface area contributed by atoms with Crippen LogP contribution in [0.3, 0.4) is 0 Å². The van der Waals surface area contributed by atoms with Crippen molar-refractivity contribution in [2.45, 2.75) is 72.1 Å². The van der Waals surface area contributed by atoms with E-state index in [0.717, 1.165) is 32.1 Å². The maximum atomic E-state index is 12.2. The summed E-state index contributed by atoms with van der Waals surface area (Å²) >= 11 is 0. The summed E-state index contributed by atoms with van der Waals surface area (Å²) in [6, 6.07) is 0. The molecule has 5 heteroatoms. The average molecular weight is 294 g/mol. The fourth-order valence-corrected chi connectivity index (χ4v) is 2.93. The minimum Gasteiger partial charge on any atom is -0.287 e. The molecule has 0 aromatic rings. The van der Waals surface area contributed by atoms with Gasteiger partial charge in [-0.3, -0.25) is 13.6 Å². The van der Waals surface area contributed by atoms with Crippen LogP contribution < -0.4 is 0 Å².